The molecule has 21 heavy (non-hydrogen) atoms. The van der Waals surface area contributed by atoms with Crippen LogP contribution in [0.2, 0.25) is 0 Å². The zero-order valence-electron chi connectivity index (χ0n) is 11.3. The van der Waals surface area contributed by atoms with Crippen LogP contribution in [0.1, 0.15) is 6.92 Å². The lowest BCUT2D eigenvalue weighted by atomic mass is 10.3. The molecule has 2 aromatic carbocycles. The summed E-state index contributed by atoms with van der Waals surface area (Å²) in [6.45, 7) is 1.62. The average Bonchev–Trinajstić information content (AvgIpc) is 2.38. The molecule has 0 atom stereocenters. The predicted molar refractivity (Wildman–Crippen MR) is 77.4 cm³/mol. The Bertz CT molecular complexity index is 726. The maximum atomic E-state index is 13.9. The van der Waals surface area contributed by atoms with Crippen LogP contribution in [0.25, 0.3) is 0 Å². The van der Waals surface area contributed by atoms with Crippen molar-refractivity contribution in [1.82, 2.24) is 0 Å². The van der Waals surface area contributed by atoms with Gasteiger partial charge < -0.3 is 5.73 Å². The molecule has 2 rings (SSSR count). The van der Waals surface area contributed by atoms with Crippen molar-refractivity contribution >= 4 is 21.4 Å². The fraction of sp³-hybridized carbons (Fsp3) is 0.143. The van der Waals surface area contributed by atoms with Crippen LogP contribution < -0.4 is 10.0 Å². The molecule has 0 aliphatic rings. The van der Waals surface area contributed by atoms with Crippen LogP contribution in [-0.2, 0) is 10.0 Å². The van der Waals surface area contributed by atoms with Gasteiger partial charge in [-0.1, -0.05) is 18.2 Å². The Hall–Kier alpha value is -2.15. The number of anilines is 2. The van der Waals surface area contributed by atoms with Gasteiger partial charge >= 0.3 is 0 Å². The number of hydrogen-bond donors (Lipinski definition) is 1. The molecule has 0 aliphatic heterocycles. The van der Waals surface area contributed by atoms with Gasteiger partial charge in [-0.2, -0.15) is 0 Å². The highest BCUT2D eigenvalue weighted by Gasteiger charge is 2.30. The van der Waals surface area contributed by atoms with Crippen LogP contribution in [0.5, 0.6) is 0 Å². The standard InChI is InChI=1S/C14H14F2N2O2S/c1-2-18(11-6-4-3-5-7-11)21(19,20)14-12(15)8-10(17)9-13(14)16/h3-9H,2,17H2,1H3. The van der Waals surface area contributed by atoms with E-state index >= 15 is 0 Å². The van der Waals surface area contributed by atoms with Gasteiger partial charge in [0, 0.05) is 12.2 Å². The summed E-state index contributed by atoms with van der Waals surface area (Å²) in [7, 11) is -4.35. The van der Waals surface area contributed by atoms with Gasteiger partial charge in [-0.15, -0.1) is 0 Å². The highest BCUT2D eigenvalue weighted by molar-refractivity contribution is 7.92. The Balaban J connectivity index is 2.61. The van der Waals surface area contributed by atoms with Crippen LogP contribution in [0.3, 0.4) is 0 Å². The van der Waals surface area contributed by atoms with Gasteiger partial charge in [-0.25, -0.2) is 17.2 Å². The summed E-state index contributed by atoms with van der Waals surface area (Å²) in [4.78, 5) is -0.998. The lowest BCUT2D eigenvalue weighted by Crippen LogP contribution is -2.32. The molecule has 2 N–H and O–H groups in total. The molecule has 0 heterocycles. The van der Waals surface area contributed by atoms with E-state index in [0.29, 0.717) is 5.69 Å². The van der Waals surface area contributed by atoms with Crippen molar-refractivity contribution < 1.29 is 17.2 Å². The number of hydrogen-bond acceptors (Lipinski definition) is 3. The van der Waals surface area contributed by atoms with E-state index in [9.17, 15) is 17.2 Å². The van der Waals surface area contributed by atoms with Crippen molar-refractivity contribution in [2.24, 2.45) is 0 Å². The number of halogens is 2. The number of nitrogens with zero attached hydrogens (tertiary/aromatic N) is 1. The minimum absolute atomic E-state index is 0.0373. The van der Waals surface area contributed by atoms with Gasteiger partial charge in [-0.05, 0) is 31.2 Å². The summed E-state index contributed by atoms with van der Waals surface area (Å²) in [6.07, 6.45) is 0. The van der Waals surface area contributed by atoms with Crippen molar-refractivity contribution in [3.05, 3.63) is 54.1 Å². The third-order valence-corrected chi connectivity index (χ3v) is 4.86. The minimum Gasteiger partial charge on any atom is -0.399 e. The molecule has 4 nitrogen and oxygen atoms in total. The molecule has 7 heteroatoms. The van der Waals surface area contributed by atoms with E-state index in [2.05, 4.69) is 0 Å². The molecule has 112 valence electrons. The largest absolute Gasteiger partial charge is 0.399 e. The summed E-state index contributed by atoms with van der Waals surface area (Å²) in [5, 5.41) is 0. The zero-order chi connectivity index (χ0) is 15.6. The molecule has 0 fully saturated rings. The third kappa shape index (κ3) is 2.82. The molecule has 0 amide bonds. The van der Waals surface area contributed by atoms with Gasteiger partial charge in [0.25, 0.3) is 10.0 Å². The molecule has 0 aromatic heterocycles. The maximum Gasteiger partial charge on any atom is 0.270 e. The summed E-state index contributed by atoms with van der Waals surface area (Å²) in [5.41, 5.74) is 5.46. The summed E-state index contributed by atoms with van der Waals surface area (Å²) in [6, 6.07) is 9.67. The average molecular weight is 312 g/mol. The fourth-order valence-electron chi connectivity index (χ4n) is 2.02. The van der Waals surface area contributed by atoms with E-state index in [1.807, 2.05) is 0 Å². The number of nitrogen functional groups attached to an aromatic ring is 1. The first-order valence-electron chi connectivity index (χ1n) is 6.20. The highest BCUT2D eigenvalue weighted by Crippen LogP contribution is 2.28. The second kappa shape index (κ2) is 5.69. The summed E-state index contributed by atoms with van der Waals surface area (Å²) >= 11 is 0. The SMILES string of the molecule is CCN(c1ccccc1)S(=O)(=O)c1c(F)cc(N)cc1F. The van der Waals surface area contributed by atoms with Crippen LogP contribution in [0.4, 0.5) is 20.2 Å². The zero-order valence-corrected chi connectivity index (χ0v) is 12.1. The number of para-hydroxylation sites is 1. The van der Waals surface area contributed by atoms with Crippen molar-refractivity contribution in [2.75, 3.05) is 16.6 Å². The fourth-order valence-corrected chi connectivity index (χ4v) is 3.59. The predicted octanol–water partition coefficient (Wildman–Crippen LogP) is 2.76. The van der Waals surface area contributed by atoms with E-state index in [-0.39, 0.29) is 12.2 Å². The van der Waals surface area contributed by atoms with Gasteiger partial charge in [0.05, 0.1) is 5.69 Å². The molecule has 0 bridgehead atoms. The Morgan fingerprint density at radius 3 is 2.10 bits per heavy atom. The number of sulfonamides is 1. The topological polar surface area (TPSA) is 63.4 Å². The lowest BCUT2D eigenvalue weighted by molar-refractivity contribution is 0.519. The maximum absolute atomic E-state index is 13.9. The van der Waals surface area contributed by atoms with Gasteiger partial charge in [0.15, 0.2) is 4.90 Å². The second-order valence-electron chi connectivity index (χ2n) is 4.32. The Morgan fingerprint density at radius 1 is 1.10 bits per heavy atom. The molecule has 0 unspecified atom stereocenters. The molecule has 0 saturated heterocycles. The Labute approximate surface area is 121 Å². The van der Waals surface area contributed by atoms with E-state index in [4.69, 9.17) is 5.73 Å². The molecule has 0 radical (unpaired) electrons. The van der Waals surface area contributed by atoms with Crippen molar-refractivity contribution in [3.63, 3.8) is 0 Å². The van der Waals surface area contributed by atoms with E-state index in [0.717, 1.165) is 16.4 Å². The van der Waals surface area contributed by atoms with E-state index < -0.39 is 26.6 Å². The van der Waals surface area contributed by atoms with E-state index in [1.165, 1.54) is 0 Å². The quantitative estimate of drug-likeness (QED) is 0.883. The number of benzene rings is 2. The summed E-state index contributed by atoms with van der Waals surface area (Å²) < 4.78 is 53.8. The minimum atomic E-state index is -4.35. The Morgan fingerprint density at radius 2 is 1.62 bits per heavy atom. The Kier molecular flexibility index (Phi) is 4.13. The summed E-state index contributed by atoms with van der Waals surface area (Å²) in [5.74, 6) is -2.41. The van der Waals surface area contributed by atoms with Crippen molar-refractivity contribution in [2.45, 2.75) is 11.8 Å². The third-order valence-electron chi connectivity index (χ3n) is 2.90. The first-order chi connectivity index (χ1) is 9.87. The first kappa shape index (κ1) is 15.2. The van der Waals surface area contributed by atoms with Gasteiger partial charge in [0.2, 0.25) is 0 Å². The second-order valence-corrected chi connectivity index (χ2v) is 6.12. The van der Waals surface area contributed by atoms with Crippen LogP contribution in [0.15, 0.2) is 47.4 Å². The first-order valence-corrected chi connectivity index (χ1v) is 7.64. The number of rotatable bonds is 4. The molecule has 2 aromatic rings. The molecule has 0 saturated carbocycles. The molecule has 0 spiro atoms. The van der Waals surface area contributed by atoms with Crippen LogP contribution >= 0.6 is 0 Å². The smallest absolute Gasteiger partial charge is 0.270 e. The molecular weight excluding hydrogens is 298 g/mol. The van der Waals surface area contributed by atoms with Crippen LogP contribution in [0, 0.1) is 11.6 Å². The molecule has 0 aliphatic carbocycles. The highest BCUT2D eigenvalue weighted by atomic mass is 32.2. The van der Waals surface area contributed by atoms with Crippen LogP contribution in [-0.4, -0.2) is 15.0 Å². The number of nitrogens with two attached hydrogens (primary N) is 1. The monoisotopic (exact) mass is 312 g/mol. The van der Waals surface area contributed by atoms with E-state index in [1.54, 1.807) is 37.3 Å². The van der Waals surface area contributed by atoms with Gasteiger partial charge in [0.1, 0.15) is 11.6 Å². The lowest BCUT2D eigenvalue weighted by Gasteiger charge is -2.23. The molecular formula is C14H14F2N2O2S. The van der Waals surface area contributed by atoms with Gasteiger partial charge in [-0.3, -0.25) is 4.31 Å². The van der Waals surface area contributed by atoms with Crippen molar-refractivity contribution in [3.8, 4) is 0 Å². The van der Waals surface area contributed by atoms with Crippen molar-refractivity contribution in [1.29, 1.82) is 0 Å². The normalized spacial score (nSPS) is 11.4.